The van der Waals surface area contributed by atoms with Crippen molar-refractivity contribution in [2.24, 2.45) is 5.92 Å². The fourth-order valence-corrected chi connectivity index (χ4v) is 2.07. The van der Waals surface area contributed by atoms with E-state index in [1.54, 1.807) is 6.92 Å². The number of hydrogen-bond acceptors (Lipinski definition) is 4. The molecule has 0 bridgehead atoms. The van der Waals surface area contributed by atoms with Crippen molar-refractivity contribution < 1.29 is 17.9 Å². The Kier molecular flexibility index (Phi) is 4.55. The maximum atomic E-state index is 10.5. The van der Waals surface area contributed by atoms with Crippen LogP contribution in [0.3, 0.4) is 0 Å². The number of carbonyl (C=O) groups excluding carboxylic acids is 1. The lowest BCUT2D eigenvalue weighted by Gasteiger charge is -2.07. The number of hydrogen-bond donors (Lipinski definition) is 0. The van der Waals surface area contributed by atoms with Crippen molar-refractivity contribution in [2.75, 3.05) is 12.4 Å². The van der Waals surface area contributed by atoms with Crippen LogP contribution in [0.1, 0.15) is 13.8 Å². The van der Waals surface area contributed by atoms with Crippen molar-refractivity contribution in [2.45, 2.75) is 13.8 Å². The first-order valence-corrected chi connectivity index (χ1v) is 5.85. The summed E-state index contributed by atoms with van der Waals surface area (Å²) in [7, 11) is 1.48. The third-order valence-electron chi connectivity index (χ3n) is 1.05. The second-order valence-electron chi connectivity index (χ2n) is 2.61. The van der Waals surface area contributed by atoms with Gasteiger partial charge in [-0.3, -0.25) is 4.79 Å². The van der Waals surface area contributed by atoms with Crippen molar-refractivity contribution >= 4 is 25.7 Å². The molecular formula is C6H11ClO4S. The monoisotopic (exact) mass is 214 g/mol. The Balaban J connectivity index is 3.75. The van der Waals surface area contributed by atoms with Gasteiger partial charge in [0.2, 0.25) is 9.05 Å². The fraction of sp³-hybridized carbons (Fsp3) is 0.833. The Morgan fingerprint density at radius 2 is 2.08 bits per heavy atom. The average Bonchev–Trinajstić information content (AvgIpc) is 1.79. The number of halogens is 1. The molecule has 0 rings (SSSR count). The molecule has 0 aromatic heterocycles. The van der Waals surface area contributed by atoms with Gasteiger partial charge in [-0.05, 0) is 0 Å². The molecule has 1 unspecified atom stereocenters. The summed E-state index contributed by atoms with van der Waals surface area (Å²) in [6.45, 7) is 2.99. The molecule has 72 valence electrons. The van der Waals surface area contributed by atoms with E-state index in [1.165, 1.54) is 6.92 Å². The zero-order valence-corrected chi connectivity index (χ0v) is 8.48. The molecule has 4 nitrogen and oxygen atoms in total. The van der Waals surface area contributed by atoms with Crippen LogP contribution in [0.15, 0.2) is 0 Å². The van der Waals surface area contributed by atoms with Crippen LogP contribution < -0.4 is 0 Å². The van der Waals surface area contributed by atoms with Gasteiger partial charge in [-0.2, -0.15) is 0 Å². The molecule has 0 N–H and O–H groups in total. The Morgan fingerprint density at radius 3 is 2.42 bits per heavy atom. The smallest absolute Gasteiger partial charge is 0.302 e. The van der Waals surface area contributed by atoms with E-state index in [1.807, 2.05) is 0 Å². The lowest BCUT2D eigenvalue weighted by atomic mass is 10.2. The van der Waals surface area contributed by atoms with Crippen LogP contribution in [0.4, 0.5) is 0 Å². The SMILES string of the molecule is CC(=O)OCC(C)CS(=O)(=O)Cl. The molecule has 0 saturated heterocycles. The van der Waals surface area contributed by atoms with Crippen LogP contribution in [0, 0.1) is 5.92 Å². The van der Waals surface area contributed by atoms with Crippen LogP contribution in [0.25, 0.3) is 0 Å². The Morgan fingerprint density at radius 1 is 1.58 bits per heavy atom. The summed E-state index contributed by atoms with van der Waals surface area (Å²) in [6.07, 6.45) is 0. The summed E-state index contributed by atoms with van der Waals surface area (Å²) >= 11 is 0. The fourth-order valence-electron chi connectivity index (χ4n) is 0.648. The minimum absolute atomic E-state index is 0.0846. The van der Waals surface area contributed by atoms with E-state index in [9.17, 15) is 13.2 Å². The second kappa shape index (κ2) is 4.67. The topological polar surface area (TPSA) is 60.4 Å². The maximum Gasteiger partial charge on any atom is 0.302 e. The van der Waals surface area contributed by atoms with Crippen LogP contribution in [0.2, 0.25) is 0 Å². The quantitative estimate of drug-likeness (QED) is 0.512. The largest absolute Gasteiger partial charge is 0.466 e. The Hall–Kier alpha value is -0.290. The van der Waals surface area contributed by atoms with Gasteiger partial charge in [0.1, 0.15) is 0 Å². The standard InChI is InChI=1S/C6H11ClO4S/c1-5(3-11-6(2)8)4-12(7,9)10/h5H,3-4H2,1-2H3. The zero-order valence-electron chi connectivity index (χ0n) is 6.91. The molecule has 1 atom stereocenters. The van der Waals surface area contributed by atoms with E-state index < -0.39 is 15.0 Å². The van der Waals surface area contributed by atoms with Gasteiger partial charge >= 0.3 is 5.97 Å². The maximum absolute atomic E-state index is 10.5. The lowest BCUT2D eigenvalue weighted by molar-refractivity contribution is -0.141. The molecule has 12 heavy (non-hydrogen) atoms. The molecule has 0 radical (unpaired) electrons. The molecule has 0 aliphatic rings. The van der Waals surface area contributed by atoms with Crippen LogP contribution in [-0.2, 0) is 18.6 Å². The van der Waals surface area contributed by atoms with Gasteiger partial charge in [0, 0.05) is 23.5 Å². The average molecular weight is 215 g/mol. The van der Waals surface area contributed by atoms with Crippen molar-refractivity contribution in [3.05, 3.63) is 0 Å². The number of rotatable bonds is 4. The van der Waals surface area contributed by atoms with Crippen molar-refractivity contribution in [3.63, 3.8) is 0 Å². The van der Waals surface area contributed by atoms with E-state index in [-0.39, 0.29) is 18.3 Å². The predicted octanol–water partition coefficient (Wildman–Crippen LogP) is 0.754. The van der Waals surface area contributed by atoms with E-state index in [0.29, 0.717) is 0 Å². The van der Waals surface area contributed by atoms with Gasteiger partial charge in [0.05, 0.1) is 12.4 Å². The minimum atomic E-state index is -3.49. The molecule has 0 aromatic carbocycles. The second-order valence-corrected chi connectivity index (χ2v) is 5.43. The molecule has 0 aromatic rings. The van der Waals surface area contributed by atoms with Crippen molar-refractivity contribution in [1.29, 1.82) is 0 Å². The first-order chi connectivity index (χ1) is 5.31. The van der Waals surface area contributed by atoms with E-state index in [4.69, 9.17) is 10.7 Å². The molecule has 0 fully saturated rings. The summed E-state index contributed by atoms with van der Waals surface area (Å²) in [4.78, 5) is 10.3. The summed E-state index contributed by atoms with van der Waals surface area (Å²) in [6, 6.07) is 0. The zero-order chi connectivity index (χ0) is 9.78. The van der Waals surface area contributed by atoms with E-state index >= 15 is 0 Å². The number of carbonyl (C=O) groups is 1. The number of esters is 1. The third-order valence-corrected chi connectivity index (χ3v) is 2.40. The molecule has 0 aliphatic heterocycles. The van der Waals surface area contributed by atoms with E-state index in [2.05, 4.69) is 4.74 Å². The van der Waals surface area contributed by atoms with Crippen LogP contribution in [-0.4, -0.2) is 26.7 Å². The highest BCUT2D eigenvalue weighted by atomic mass is 35.7. The molecule has 0 amide bonds. The molecule has 0 aliphatic carbocycles. The molecule has 0 saturated carbocycles. The van der Waals surface area contributed by atoms with Gasteiger partial charge in [0.15, 0.2) is 0 Å². The molecule has 0 spiro atoms. The highest BCUT2D eigenvalue weighted by Gasteiger charge is 2.13. The van der Waals surface area contributed by atoms with Gasteiger partial charge in [-0.15, -0.1) is 0 Å². The summed E-state index contributed by atoms with van der Waals surface area (Å²) in [5.41, 5.74) is 0. The summed E-state index contributed by atoms with van der Waals surface area (Å²) < 4.78 is 25.6. The molecule has 0 heterocycles. The summed E-state index contributed by atoms with van der Waals surface area (Å²) in [5, 5.41) is 0. The first-order valence-electron chi connectivity index (χ1n) is 3.37. The van der Waals surface area contributed by atoms with Gasteiger partial charge in [-0.1, -0.05) is 6.92 Å². The number of ether oxygens (including phenoxy) is 1. The Labute approximate surface area is 76.3 Å². The Bertz CT molecular complexity index is 246. The van der Waals surface area contributed by atoms with Gasteiger partial charge in [0.25, 0.3) is 0 Å². The molecular weight excluding hydrogens is 204 g/mol. The lowest BCUT2D eigenvalue weighted by Crippen LogP contribution is -2.16. The summed E-state index contributed by atoms with van der Waals surface area (Å²) in [5.74, 6) is -0.868. The van der Waals surface area contributed by atoms with E-state index in [0.717, 1.165) is 0 Å². The van der Waals surface area contributed by atoms with Crippen LogP contribution in [0.5, 0.6) is 0 Å². The normalized spacial score (nSPS) is 13.9. The van der Waals surface area contributed by atoms with Gasteiger partial charge < -0.3 is 4.74 Å². The van der Waals surface area contributed by atoms with Crippen molar-refractivity contribution in [1.82, 2.24) is 0 Å². The third kappa shape index (κ3) is 7.81. The minimum Gasteiger partial charge on any atom is -0.466 e. The van der Waals surface area contributed by atoms with Gasteiger partial charge in [-0.25, -0.2) is 8.42 Å². The highest BCUT2D eigenvalue weighted by molar-refractivity contribution is 8.13. The predicted molar refractivity (Wildman–Crippen MR) is 45.4 cm³/mol. The first kappa shape index (κ1) is 11.7. The van der Waals surface area contributed by atoms with Crippen molar-refractivity contribution in [3.8, 4) is 0 Å². The van der Waals surface area contributed by atoms with Crippen LogP contribution >= 0.6 is 10.7 Å². The molecule has 6 heteroatoms. The highest BCUT2D eigenvalue weighted by Crippen LogP contribution is 2.05.